The largest absolute Gasteiger partial charge is 0.420 e. The molecule has 0 aromatic carbocycles. The zero-order valence-corrected chi connectivity index (χ0v) is 10.8. The third-order valence-electron chi connectivity index (χ3n) is 2.73. The average Bonchev–Trinajstić information content (AvgIpc) is 2.29. The fourth-order valence-electron chi connectivity index (χ4n) is 1.90. The van der Waals surface area contributed by atoms with Crippen molar-refractivity contribution in [3.63, 3.8) is 0 Å². The van der Waals surface area contributed by atoms with Crippen LogP contribution >= 0.6 is 0 Å². The Morgan fingerprint density at radius 1 is 1.33 bits per heavy atom. The van der Waals surface area contributed by atoms with Crippen LogP contribution in [0.2, 0.25) is 0 Å². The summed E-state index contributed by atoms with van der Waals surface area (Å²) in [6.07, 6.45) is -2.87. The van der Waals surface area contributed by atoms with E-state index in [2.05, 4.69) is 4.98 Å². The first-order valence-electron chi connectivity index (χ1n) is 5.97. The van der Waals surface area contributed by atoms with Crippen LogP contribution in [0.1, 0.15) is 31.5 Å². The Labute approximate surface area is 105 Å². The second kappa shape index (κ2) is 5.46. The van der Waals surface area contributed by atoms with Crippen LogP contribution in [0.15, 0.2) is 6.07 Å². The molecule has 0 amide bonds. The van der Waals surface area contributed by atoms with E-state index in [0.717, 1.165) is 19.0 Å². The number of nitrogen functional groups attached to an aromatic ring is 1. The molecular weight excluding hydrogens is 243 g/mol. The lowest BCUT2D eigenvalue weighted by Crippen LogP contribution is -2.27. The standard InChI is InChI=1S/C10H12F3N3.C2H6/c1-16-4-2-3-7-8(16)5-6(9(14)15-7)10(11,12)13;1-2/h5H,2-4H2,1H3,(H2,14,15);1-2H3. The minimum atomic E-state index is -4.44. The number of fused-ring (bicyclic) bond motifs is 1. The first kappa shape index (κ1) is 14.6. The number of anilines is 2. The quantitative estimate of drug-likeness (QED) is 0.780. The van der Waals surface area contributed by atoms with Crippen LogP contribution < -0.4 is 10.6 Å². The lowest BCUT2D eigenvalue weighted by atomic mass is 10.1. The molecule has 0 spiro atoms. The van der Waals surface area contributed by atoms with Crippen molar-refractivity contribution in [1.82, 2.24) is 4.98 Å². The van der Waals surface area contributed by atoms with Crippen molar-refractivity contribution in [3.8, 4) is 0 Å². The first-order valence-corrected chi connectivity index (χ1v) is 5.97. The highest BCUT2D eigenvalue weighted by Crippen LogP contribution is 2.37. The molecule has 0 saturated carbocycles. The molecule has 1 aromatic rings. The Morgan fingerprint density at radius 2 is 1.94 bits per heavy atom. The van der Waals surface area contributed by atoms with Crippen molar-refractivity contribution >= 4 is 11.5 Å². The Hall–Kier alpha value is -1.46. The first-order chi connectivity index (χ1) is 8.39. The SMILES string of the molecule is CC.CN1CCCc2nc(N)c(C(F)(F)F)cc21. The summed E-state index contributed by atoms with van der Waals surface area (Å²) in [6.45, 7) is 4.75. The van der Waals surface area contributed by atoms with E-state index in [0.29, 0.717) is 17.8 Å². The van der Waals surface area contributed by atoms with Gasteiger partial charge in [0.2, 0.25) is 0 Å². The van der Waals surface area contributed by atoms with Crippen LogP contribution in [0.25, 0.3) is 0 Å². The Kier molecular flexibility index (Phi) is 4.43. The molecule has 0 unspecified atom stereocenters. The molecule has 2 rings (SSSR count). The number of aromatic nitrogens is 1. The summed E-state index contributed by atoms with van der Waals surface area (Å²) in [6, 6.07) is 1.09. The second-order valence-electron chi connectivity index (χ2n) is 3.91. The fourth-order valence-corrected chi connectivity index (χ4v) is 1.90. The molecule has 102 valence electrons. The molecule has 0 bridgehead atoms. The minimum Gasteiger partial charge on any atom is -0.383 e. The summed E-state index contributed by atoms with van der Waals surface area (Å²) in [5.41, 5.74) is 5.67. The molecular formula is C12H18F3N3. The zero-order chi connectivity index (χ0) is 13.9. The van der Waals surface area contributed by atoms with Crippen molar-refractivity contribution in [2.75, 3.05) is 24.2 Å². The highest BCUT2D eigenvalue weighted by molar-refractivity contribution is 5.59. The normalized spacial score (nSPS) is 14.7. The summed E-state index contributed by atoms with van der Waals surface area (Å²) in [7, 11) is 1.76. The number of hydrogen-bond donors (Lipinski definition) is 1. The van der Waals surface area contributed by atoms with Gasteiger partial charge in [0.1, 0.15) is 5.82 Å². The number of nitrogens with two attached hydrogens (primary N) is 1. The molecule has 1 aliphatic heterocycles. The van der Waals surface area contributed by atoms with Crippen LogP contribution in [0.3, 0.4) is 0 Å². The topological polar surface area (TPSA) is 42.2 Å². The van der Waals surface area contributed by atoms with E-state index in [1.54, 1.807) is 11.9 Å². The molecule has 0 saturated heterocycles. The van der Waals surface area contributed by atoms with Gasteiger partial charge in [-0.3, -0.25) is 0 Å². The summed E-state index contributed by atoms with van der Waals surface area (Å²) in [5.74, 6) is -0.429. The summed E-state index contributed by atoms with van der Waals surface area (Å²) in [5, 5.41) is 0. The molecule has 2 heterocycles. The molecule has 0 aliphatic carbocycles. The van der Waals surface area contributed by atoms with Gasteiger partial charge in [-0.15, -0.1) is 0 Å². The average molecular weight is 261 g/mol. The molecule has 0 atom stereocenters. The lowest BCUT2D eigenvalue weighted by molar-refractivity contribution is -0.137. The van der Waals surface area contributed by atoms with E-state index in [9.17, 15) is 13.2 Å². The van der Waals surface area contributed by atoms with Gasteiger partial charge in [-0.25, -0.2) is 4.98 Å². The number of pyridine rings is 1. The van der Waals surface area contributed by atoms with Crippen molar-refractivity contribution < 1.29 is 13.2 Å². The van der Waals surface area contributed by atoms with Gasteiger partial charge in [-0.2, -0.15) is 13.2 Å². The Morgan fingerprint density at radius 3 is 2.50 bits per heavy atom. The predicted octanol–water partition coefficient (Wildman–Crippen LogP) is 3.09. The molecule has 0 fully saturated rings. The van der Waals surface area contributed by atoms with Gasteiger partial charge in [-0.05, 0) is 18.9 Å². The smallest absolute Gasteiger partial charge is 0.383 e. The summed E-state index contributed by atoms with van der Waals surface area (Å²) < 4.78 is 37.8. The van der Waals surface area contributed by atoms with E-state index < -0.39 is 17.6 Å². The van der Waals surface area contributed by atoms with Gasteiger partial charge < -0.3 is 10.6 Å². The van der Waals surface area contributed by atoms with Gasteiger partial charge in [0, 0.05) is 13.6 Å². The Bertz CT molecular complexity index is 416. The number of nitrogens with zero attached hydrogens (tertiary/aromatic N) is 2. The van der Waals surface area contributed by atoms with Crippen molar-refractivity contribution in [1.29, 1.82) is 0 Å². The van der Waals surface area contributed by atoms with E-state index in [1.807, 2.05) is 13.8 Å². The molecule has 18 heavy (non-hydrogen) atoms. The molecule has 1 aromatic heterocycles. The summed E-state index contributed by atoms with van der Waals surface area (Å²) in [4.78, 5) is 5.62. The van der Waals surface area contributed by atoms with Crippen molar-refractivity contribution in [2.24, 2.45) is 0 Å². The number of halogens is 3. The lowest BCUT2D eigenvalue weighted by Gasteiger charge is -2.27. The maximum atomic E-state index is 12.6. The fraction of sp³-hybridized carbons (Fsp3) is 0.583. The van der Waals surface area contributed by atoms with Crippen LogP contribution in [-0.4, -0.2) is 18.6 Å². The van der Waals surface area contributed by atoms with Gasteiger partial charge in [-0.1, -0.05) is 13.8 Å². The van der Waals surface area contributed by atoms with E-state index in [4.69, 9.17) is 5.73 Å². The molecule has 6 heteroatoms. The van der Waals surface area contributed by atoms with Gasteiger partial charge in [0.05, 0.1) is 16.9 Å². The highest BCUT2D eigenvalue weighted by atomic mass is 19.4. The van der Waals surface area contributed by atoms with Gasteiger partial charge in [0.25, 0.3) is 0 Å². The van der Waals surface area contributed by atoms with Crippen LogP contribution in [-0.2, 0) is 12.6 Å². The molecule has 2 N–H and O–H groups in total. The molecule has 3 nitrogen and oxygen atoms in total. The predicted molar refractivity (Wildman–Crippen MR) is 66.6 cm³/mol. The number of alkyl halides is 3. The maximum absolute atomic E-state index is 12.6. The number of aryl methyl sites for hydroxylation is 1. The number of rotatable bonds is 0. The van der Waals surface area contributed by atoms with Crippen molar-refractivity contribution in [2.45, 2.75) is 32.9 Å². The third kappa shape index (κ3) is 2.86. The van der Waals surface area contributed by atoms with E-state index >= 15 is 0 Å². The maximum Gasteiger partial charge on any atom is 0.420 e. The minimum absolute atomic E-state index is 0.429. The van der Waals surface area contributed by atoms with Crippen LogP contribution in [0.5, 0.6) is 0 Å². The third-order valence-corrected chi connectivity index (χ3v) is 2.73. The highest BCUT2D eigenvalue weighted by Gasteiger charge is 2.35. The van der Waals surface area contributed by atoms with Crippen LogP contribution in [0.4, 0.5) is 24.7 Å². The molecule has 1 aliphatic rings. The van der Waals surface area contributed by atoms with Crippen molar-refractivity contribution in [3.05, 3.63) is 17.3 Å². The molecule has 0 radical (unpaired) electrons. The summed E-state index contributed by atoms with van der Waals surface area (Å²) >= 11 is 0. The van der Waals surface area contributed by atoms with Crippen LogP contribution in [0, 0.1) is 0 Å². The second-order valence-corrected chi connectivity index (χ2v) is 3.91. The monoisotopic (exact) mass is 261 g/mol. The Balaban J connectivity index is 0.000000771. The van der Waals surface area contributed by atoms with E-state index in [-0.39, 0.29) is 0 Å². The number of hydrogen-bond acceptors (Lipinski definition) is 3. The van der Waals surface area contributed by atoms with Gasteiger partial charge >= 0.3 is 6.18 Å². The van der Waals surface area contributed by atoms with Gasteiger partial charge in [0.15, 0.2) is 0 Å². The van der Waals surface area contributed by atoms with E-state index in [1.165, 1.54) is 0 Å². The zero-order valence-electron chi connectivity index (χ0n) is 10.8.